The third-order valence-electron chi connectivity index (χ3n) is 4.02. The summed E-state index contributed by atoms with van der Waals surface area (Å²) in [5.41, 5.74) is 1.13. The van der Waals surface area contributed by atoms with E-state index in [0.717, 1.165) is 62.4 Å². The molecule has 0 radical (unpaired) electrons. The lowest BCUT2D eigenvalue weighted by Crippen LogP contribution is -2.46. The molecule has 1 amide bonds. The maximum atomic E-state index is 12.5. The molecule has 1 aliphatic rings. The normalized spacial score (nSPS) is 16.1. The molecule has 1 N–H and O–H groups in total. The van der Waals surface area contributed by atoms with Gasteiger partial charge in [0.25, 0.3) is 0 Å². The molecule has 1 aromatic heterocycles. The SMILES string of the molecule is CCCN(C(=O)CCCc1csc(C)n1)C1CCNCC1. The minimum absolute atomic E-state index is 0.329. The Morgan fingerprint density at radius 3 is 2.86 bits per heavy atom. The first-order chi connectivity index (χ1) is 10.2. The first-order valence-corrected chi connectivity index (χ1v) is 9.00. The lowest BCUT2D eigenvalue weighted by atomic mass is 10.0. The van der Waals surface area contributed by atoms with Crippen LogP contribution in [0.15, 0.2) is 5.38 Å². The van der Waals surface area contributed by atoms with Gasteiger partial charge in [0.1, 0.15) is 0 Å². The van der Waals surface area contributed by atoms with Crippen LogP contribution in [0.5, 0.6) is 0 Å². The molecule has 0 saturated carbocycles. The topological polar surface area (TPSA) is 45.2 Å². The van der Waals surface area contributed by atoms with Gasteiger partial charge in [0.05, 0.1) is 10.7 Å². The fourth-order valence-corrected chi connectivity index (χ4v) is 3.60. The molecule has 1 aromatic rings. The smallest absolute Gasteiger partial charge is 0.222 e. The molecule has 0 spiro atoms. The second-order valence-corrected chi connectivity index (χ2v) is 6.84. The standard InChI is InChI=1S/C16H27N3OS/c1-3-11-19(15-7-9-17-10-8-15)16(20)6-4-5-14-12-21-13(2)18-14/h12,15,17H,3-11H2,1-2H3. The van der Waals surface area contributed by atoms with Crippen LogP contribution in [0.2, 0.25) is 0 Å². The Kier molecular flexibility index (Phi) is 6.64. The third kappa shape index (κ3) is 5.08. The van der Waals surface area contributed by atoms with E-state index in [1.807, 2.05) is 6.92 Å². The van der Waals surface area contributed by atoms with E-state index in [9.17, 15) is 4.79 Å². The lowest BCUT2D eigenvalue weighted by molar-refractivity contribution is -0.134. The van der Waals surface area contributed by atoms with Gasteiger partial charge in [-0.05, 0) is 52.1 Å². The largest absolute Gasteiger partial charge is 0.340 e. The van der Waals surface area contributed by atoms with Gasteiger partial charge in [-0.25, -0.2) is 4.98 Å². The molecule has 0 unspecified atom stereocenters. The lowest BCUT2D eigenvalue weighted by Gasteiger charge is -2.34. The van der Waals surface area contributed by atoms with Gasteiger partial charge in [-0.15, -0.1) is 11.3 Å². The van der Waals surface area contributed by atoms with E-state index < -0.39 is 0 Å². The predicted octanol–water partition coefficient (Wildman–Crippen LogP) is 2.76. The van der Waals surface area contributed by atoms with E-state index in [-0.39, 0.29) is 0 Å². The van der Waals surface area contributed by atoms with Crippen molar-refractivity contribution in [3.05, 3.63) is 16.1 Å². The van der Waals surface area contributed by atoms with E-state index >= 15 is 0 Å². The van der Waals surface area contributed by atoms with Crippen molar-refractivity contribution in [1.29, 1.82) is 0 Å². The van der Waals surface area contributed by atoms with Crippen LogP contribution in [-0.4, -0.2) is 41.5 Å². The number of carbonyl (C=O) groups excluding carboxylic acids is 1. The van der Waals surface area contributed by atoms with Crippen LogP contribution >= 0.6 is 11.3 Å². The minimum Gasteiger partial charge on any atom is -0.340 e. The van der Waals surface area contributed by atoms with E-state index in [4.69, 9.17) is 0 Å². The fraction of sp³-hybridized carbons (Fsp3) is 0.750. The summed E-state index contributed by atoms with van der Waals surface area (Å²) in [6.45, 7) is 7.16. The van der Waals surface area contributed by atoms with Crippen molar-refractivity contribution in [2.75, 3.05) is 19.6 Å². The zero-order valence-corrected chi connectivity index (χ0v) is 14.0. The molecule has 1 fully saturated rings. The average Bonchev–Trinajstić information content (AvgIpc) is 2.91. The van der Waals surface area contributed by atoms with Crippen molar-refractivity contribution in [2.24, 2.45) is 0 Å². The Hall–Kier alpha value is -0.940. The van der Waals surface area contributed by atoms with Crippen molar-refractivity contribution in [1.82, 2.24) is 15.2 Å². The zero-order valence-electron chi connectivity index (χ0n) is 13.2. The molecule has 4 nitrogen and oxygen atoms in total. The van der Waals surface area contributed by atoms with Gasteiger partial charge in [0.15, 0.2) is 0 Å². The molecule has 1 saturated heterocycles. The Balaban J connectivity index is 1.80. The Morgan fingerprint density at radius 1 is 1.48 bits per heavy atom. The number of aromatic nitrogens is 1. The summed E-state index contributed by atoms with van der Waals surface area (Å²) in [7, 11) is 0. The first kappa shape index (κ1) is 16.4. The van der Waals surface area contributed by atoms with E-state index in [0.29, 0.717) is 18.4 Å². The van der Waals surface area contributed by atoms with Crippen LogP contribution in [0.1, 0.15) is 49.7 Å². The van der Waals surface area contributed by atoms with E-state index in [1.54, 1.807) is 11.3 Å². The number of hydrogen-bond acceptors (Lipinski definition) is 4. The van der Waals surface area contributed by atoms with Crippen molar-refractivity contribution in [2.45, 2.75) is 58.4 Å². The van der Waals surface area contributed by atoms with Gasteiger partial charge in [-0.2, -0.15) is 0 Å². The summed E-state index contributed by atoms with van der Waals surface area (Å²) < 4.78 is 0. The van der Waals surface area contributed by atoms with Gasteiger partial charge < -0.3 is 10.2 Å². The summed E-state index contributed by atoms with van der Waals surface area (Å²) >= 11 is 1.69. The summed E-state index contributed by atoms with van der Waals surface area (Å²) in [4.78, 5) is 19.1. The summed E-state index contributed by atoms with van der Waals surface area (Å²) in [6.07, 6.45) is 5.71. The van der Waals surface area contributed by atoms with Gasteiger partial charge in [0.2, 0.25) is 5.91 Å². The molecular formula is C16H27N3OS. The molecule has 0 aromatic carbocycles. The Labute approximate surface area is 132 Å². The van der Waals surface area contributed by atoms with Crippen molar-refractivity contribution < 1.29 is 4.79 Å². The summed E-state index contributed by atoms with van der Waals surface area (Å²) in [6, 6.07) is 0.445. The monoisotopic (exact) mass is 309 g/mol. The number of thiazole rings is 1. The van der Waals surface area contributed by atoms with Crippen LogP contribution in [0, 0.1) is 6.92 Å². The fourth-order valence-electron chi connectivity index (χ4n) is 2.96. The molecule has 118 valence electrons. The van der Waals surface area contributed by atoms with E-state index in [1.165, 1.54) is 0 Å². The van der Waals surface area contributed by atoms with E-state index in [2.05, 4.69) is 27.5 Å². The van der Waals surface area contributed by atoms with Crippen LogP contribution < -0.4 is 5.32 Å². The molecule has 0 bridgehead atoms. The second-order valence-electron chi connectivity index (χ2n) is 5.78. The zero-order chi connectivity index (χ0) is 15.1. The highest BCUT2D eigenvalue weighted by Gasteiger charge is 2.24. The number of nitrogens with one attached hydrogen (secondary N) is 1. The number of amides is 1. The summed E-state index contributed by atoms with van der Waals surface area (Å²) in [5, 5.41) is 6.59. The minimum atomic E-state index is 0.329. The van der Waals surface area contributed by atoms with Gasteiger partial charge in [-0.1, -0.05) is 6.92 Å². The van der Waals surface area contributed by atoms with Crippen LogP contribution in [-0.2, 0) is 11.2 Å². The average molecular weight is 309 g/mol. The first-order valence-electron chi connectivity index (χ1n) is 8.12. The highest BCUT2D eigenvalue weighted by Crippen LogP contribution is 2.16. The molecule has 2 heterocycles. The Bertz CT molecular complexity index is 440. The molecule has 21 heavy (non-hydrogen) atoms. The van der Waals surface area contributed by atoms with Gasteiger partial charge in [-0.3, -0.25) is 4.79 Å². The molecule has 0 aliphatic carbocycles. The van der Waals surface area contributed by atoms with Crippen LogP contribution in [0.3, 0.4) is 0 Å². The molecule has 5 heteroatoms. The van der Waals surface area contributed by atoms with Gasteiger partial charge in [0, 0.05) is 24.4 Å². The highest BCUT2D eigenvalue weighted by molar-refractivity contribution is 7.09. The third-order valence-corrected chi connectivity index (χ3v) is 4.85. The number of piperidine rings is 1. The molecule has 2 rings (SSSR count). The number of aryl methyl sites for hydroxylation is 2. The molecule has 1 aliphatic heterocycles. The van der Waals surface area contributed by atoms with Crippen molar-refractivity contribution in [3.8, 4) is 0 Å². The second kappa shape index (κ2) is 8.49. The number of hydrogen-bond donors (Lipinski definition) is 1. The highest BCUT2D eigenvalue weighted by atomic mass is 32.1. The van der Waals surface area contributed by atoms with Crippen molar-refractivity contribution >= 4 is 17.2 Å². The van der Waals surface area contributed by atoms with Crippen LogP contribution in [0.4, 0.5) is 0 Å². The molecule has 0 atom stereocenters. The Morgan fingerprint density at radius 2 is 2.24 bits per heavy atom. The number of nitrogens with zero attached hydrogens (tertiary/aromatic N) is 2. The maximum Gasteiger partial charge on any atom is 0.222 e. The molecular weight excluding hydrogens is 282 g/mol. The number of rotatable bonds is 7. The van der Waals surface area contributed by atoms with Gasteiger partial charge >= 0.3 is 0 Å². The number of carbonyl (C=O) groups is 1. The quantitative estimate of drug-likeness (QED) is 0.842. The van der Waals surface area contributed by atoms with Crippen LogP contribution in [0.25, 0.3) is 0 Å². The maximum absolute atomic E-state index is 12.5. The summed E-state index contributed by atoms with van der Waals surface area (Å²) in [5.74, 6) is 0.329. The van der Waals surface area contributed by atoms with Crippen molar-refractivity contribution in [3.63, 3.8) is 0 Å². The predicted molar refractivity (Wildman–Crippen MR) is 87.7 cm³/mol.